The van der Waals surface area contributed by atoms with Gasteiger partial charge in [-0.25, -0.2) is 13.4 Å². The zero-order valence-electron chi connectivity index (χ0n) is 13.4. The topological polar surface area (TPSA) is 69.4 Å². The standard InChI is InChI=1S/C17H21NO4S/c1-12-5-6-16(13(2)8-12)17-18-14(9-22-17)10-23(19,20)11-15-4-3-7-21-15/h5-6,8-9,15H,3-4,7,10-11H2,1-2H3/t15-/m1/s1. The van der Waals surface area contributed by atoms with Crippen LogP contribution in [0, 0.1) is 13.8 Å². The lowest BCUT2D eigenvalue weighted by molar-refractivity contribution is 0.127. The third-order valence-electron chi connectivity index (χ3n) is 4.00. The molecule has 1 aromatic carbocycles. The van der Waals surface area contributed by atoms with E-state index in [1.807, 2.05) is 32.0 Å². The Labute approximate surface area is 136 Å². The van der Waals surface area contributed by atoms with Crippen LogP contribution in [0.15, 0.2) is 28.9 Å². The van der Waals surface area contributed by atoms with E-state index in [2.05, 4.69) is 4.98 Å². The van der Waals surface area contributed by atoms with E-state index in [1.54, 1.807) is 0 Å². The van der Waals surface area contributed by atoms with Crippen LogP contribution in [0.1, 0.15) is 29.7 Å². The van der Waals surface area contributed by atoms with Crippen LogP contribution in [0.5, 0.6) is 0 Å². The molecule has 0 spiro atoms. The van der Waals surface area contributed by atoms with Crippen LogP contribution in [0.3, 0.4) is 0 Å². The lowest BCUT2D eigenvalue weighted by atomic mass is 10.1. The molecule has 1 atom stereocenters. The van der Waals surface area contributed by atoms with Crippen LogP contribution < -0.4 is 0 Å². The Hall–Kier alpha value is -1.66. The van der Waals surface area contributed by atoms with E-state index in [-0.39, 0.29) is 17.6 Å². The van der Waals surface area contributed by atoms with Crippen molar-refractivity contribution in [3.05, 3.63) is 41.3 Å². The van der Waals surface area contributed by atoms with Gasteiger partial charge in [0.25, 0.3) is 0 Å². The van der Waals surface area contributed by atoms with Crippen molar-refractivity contribution in [2.75, 3.05) is 12.4 Å². The molecule has 2 aromatic rings. The number of hydrogen-bond acceptors (Lipinski definition) is 5. The summed E-state index contributed by atoms with van der Waals surface area (Å²) in [6, 6.07) is 5.98. The first-order chi connectivity index (χ1) is 10.9. The highest BCUT2D eigenvalue weighted by atomic mass is 32.2. The molecule has 0 amide bonds. The van der Waals surface area contributed by atoms with Gasteiger partial charge in [-0.15, -0.1) is 0 Å². The number of aryl methyl sites for hydroxylation is 2. The van der Waals surface area contributed by atoms with Crippen LogP contribution in [-0.4, -0.2) is 31.9 Å². The lowest BCUT2D eigenvalue weighted by Gasteiger charge is -2.08. The summed E-state index contributed by atoms with van der Waals surface area (Å²) in [7, 11) is -3.25. The van der Waals surface area contributed by atoms with E-state index in [9.17, 15) is 8.42 Å². The third kappa shape index (κ3) is 4.00. The highest BCUT2D eigenvalue weighted by Crippen LogP contribution is 2.24. The Morgan fingerprint density at radius 1 is 1.30 bits per heavy atom. The Morgan fingerprint density at radius 3 is 2.83 bits per heavy atom. The van der Waals surface area contributed by atoms with Crippen LogP contribution in [0.4, 0.5) is 0 Å². The summed E-state index contributed by atoms with van der Waals surface area (Å²) in [6.07, 6.45) is 3.00. The maximum atomic E-state index is 12.3. The van der Waals surface area contributed by atoms with Crippen molar-refractivity contribution >= 4 is 9.84 Å². The highest BCUT2D eigenvalue weighted by molar-refractivity contribution is 7.90. The SMILES string of the molecule is Cc1ccc(-c2nc(CS(=O)(=O)C[C@H]3CCCO3)co2)c(C)c1. The highest BCUT2D eigenvalue weighted by Gasteiger charge is 2.24. The molecule has 1 aromatic heterocycles. The number of benzene rings is 1. The molecule has 1 fully saturated rings. The number of rotatable bonds is 5. The van der Waals surface area contributed by atoms with Gasteiger partial charge in [-0.3, -0.25) is 0 Å². The molecule has 2 heterocycles. The minimum Gasteiger partial charge on any atom is -0.444 e. The van der Waals surface area contributed by atoms with Crippen molar-refractivity contribution in [3.63, 3.8) is 0 Å². The monoisotopic (exact) mass is 335 g/mol. The molecule has 6 heteroatoms. The molecule has 0 unspecified atom stereocenters. The maximum Gasteiger partial charge on any atom is 0.226 e. The van der Waals surface area contributed by atoms with E-state index < -0.39 is 9.84 Å². The number of ether oxygens (including phenoxy) is 1. The van der Waals surface area contributed by atoms with Crippen LogP contribution in [0.2, 0.25) is 0 Å². The Kier molecular flexibility index (Phi) is 4.55. The van der Waals surface area contributed by atoms with E-state index in [1.165, 1.54) is 6.26 Å². The molecule has 0 radical (unpaired) electrons. The van der Waals surface area contributed by atoms with Gasteiger partial charge >= 0.3 is 0 Å². The summed E-state index contributed by atoms with van der Waals surface area (Å²) >= 11 is 0. The van der Waals surface area contributed by atoms with Gasteiger partial charge in [-0.05, 0) is 38.3 Å². The Bertz CT molecular complexity index is 789. The zero-order chi connectivity index (χ0) is 16.4. The van der Waals surface area contributed by atoms with E-state index in [0.717, 1.165) is 29.5 Å². The summed E-state index contributed by atoms with van der Waals surface area (Å²) < 4.78 is 35.4. The van der Waals surface area contributed by atoms with Gasteiger partial charge in [-0.1, -0.05) is 17.7 Å². The first-order valence-electron chi connectivity index (χ1n) is 7.77. The van der Waals surface area contributed by atoms with Crippen molar-refractivity contribution in [2.45, 2.75) is 38.5 Å². The average Bonchev–Trinajstić information content (AvgIpc) is 3.10. The van der Waals surface area contributed by atoms with Gasteiger partial charge in [0.2, 0.25) is 5.89 Å². The van der Waals surface area contributed by atoms with E-state index in [4.69, 9.17) is 9.15 Å². The second-order valence-corrected chi connectivity index (χ2v) is 8.26. The summed E-state index contributed by atoms with van der Waals surface area (Å²) in [5.74, 6) is 0.407. The summed E-state index contributed by atoms with van der Waals surface area (Å²) in [6.45, 7) is 4.66. The summed E-state index contributed by atoms with van der Waals surface area (Å²) in [4.78, 5) is 4.34. The molecule has 1 aliphatic rings. The zero-order valence-corrected chi connectivity index (χ0v) is 14.2. The fraction of sp³-hybridized carbons (Fsp3) is 0.471. The van der Waals surface area contributed by atoms with Gasteiger partial charge in [0.05, 0.1) is 23.3 Å². The lowest BCUT2D eigenvalue weighted by Crippen LogP contribution is -2.21. The van der Waals surface area contributed by atoms with E-state index in [0.29, 0.717) is 18.2 Å². The Balaban J connectivity index is 1.74. The second-order valence-electron chi connectivity index (χ2n) is 6.15. The number of nitrogens with zero attached hydrogens (tertiary/aromatic N) is 1. The minimum atomic E-state index is -3.25. The predicted octanol–water partition coefficient (Wildman–Crippen LogP) is 3.05. The number of sulfone groups is 1. The van der Waals surface area contributed by atoms with Crippen molar-refractivity contribution in [2.24, 2.45) is 0 Å². The summed E-state index contributed by atoms with van der Waals surface area (Å²) in [5, 5.41) is 0. The molecule has 1 aliphatic heterocycles. The molecule has 23 heavy (non-hydrogen) atoms. The number of hydrogen-bond donors (Lipinski definition) is 0. The molecule has 1 saturated heterocycles. The first-order valence-corrected chi connectivity index (χ1v) is 9.59. The molecule has 5 nitrogen and oxygen atoms in total. The normalized spacial score (nSPS) is 18.4. The third-order valence-corrected chi connectivity index (χ3v) is 5.61. The van der Waals surface area contributed by atoms with Crippen molar-refractivity contribution in [1.82, 2.24) is 4.98 Å². The van der Waals surface area contributed by atoms with Crippen LogP contribution in [-0.2, 0) is 20.3 Å². The van der Waals surface area contributed by atoms with Crippen LogP contribution >= 0.6 is 0 Å². The average molecular weight is 335 g/mol. The Morgan fingerprint density at radius 2 is 2.13 bits per heavy atom. The van der Waals surface area contributed by atoms with E-state index >= 15 is 0 Å². The van der Waals surface area contributed by atoms with Crippen molar-refractivity contribution in [3.8, 4) is 11.5 Å². The molecular formula is C17H21NO4S. The first kappa shape index (κ1) is 16.2. The van der Waals surface area contributed by atoms with Gasteiger partial charge in [0, 0.05) is 12.2 Å². The number of aromatic nitrogens is 1. The maximum absolute atomic E-state index is 12.3. The van der Waals surface area contributed by atoms with Gasteiger partial charge in [-0.2, -0.15) is 0 Å². The van der Waals surface area contributed by atoms with Gasteiger partial charge < -0.3 is 9.15 Å². The molecule has 3 rings (SSSR count). The molecule has 0 aliphatic carbocycles. The molecule has 0 saturated carbocycles. The largest absolute Gasteiger partial charge is 0.444 e. The smallest absolute Gasteiger partial charge is 0.226 e. The minimum absolute atomic E-state index is 0.0543. The fourth-order valence-electron chi connectivity index (χ4n) is 2.89. The number of oxazole rings is 1. The predicted molar refractivity (Wildman–Crippen MR) is 87.9 cm³/mol. The van der Waals surface area contributed by atoms with Crippen LogP contribution in [0.25, 0.3) is 11.5 Å². The van der Waals surface area contributed by atoms with Gasteiger partial charge in [0.1, 0.15) is 6.26 Å². The summed E-state index contributed by atoms with van der Waals surface area (Å²) in [5.41, 5.74) is 3.55. The second kappa shape index (κ2) is 6.45. The molecular weight excluding hydrogens is 314 g/mol. The van der Waals surface area contributed by atoms with Gasteiger partial charge in [0.15, 0.2) is 9.84 Å². The quantitative estimate of drug-likeness (QED) is 0.840. The molecule has 124 valence electrons. The van der Waals surface area contributed by atoms with Crippen molar-refractivity contribution in [1.29, 1.82) is 0 Å². The van der Waals surface area contributed by atoms with Crippen molar-refractivity contribution < 1.29 is 17.6 Å². The fourth-order valence-corrected chi connectivity index (χ4v) is 4.42. The molecule has 0 bridgehead atoms. The molecule has 0 N–H and O–H groups in total.